The zero-order chi connectivity index (χ0) is 14.8. The maximum absolute atomic E-state index is 13.2. The van der Waals surface area contributed by atoms with Gasteiger partial charge in [0.15, 0.2) is 0 Å². The molecule has 0 fully saturated rings. The quantitative estimate of drug-likeness (QED) is 0.882. The van der Waals surface area contributed by atoms with Crippen molar-refractivity contribution in [1.82, 2.24) is 0 Å². The largest absolute Gasteiger partial charge is 0.326 e. The Morgan fingerprint density at radius 2 is 1.95 bits per heavy atom. The molecule has 0 aliphatic rings. The van der Waals surface area contributed by atoms with E-state index in [-0.39, 0.29) is 17.1 Å². The summed E-state index contributed by atoms with van der Waals surface area (Å²) in [7, 11) is -3.79. The number of sulfonamides is 1. The van der Waals surface area contributed by atoms with Crippen LogP contribution in [0.1, 0.15) is 5.56 Å². The van der Waals surface area contributed by atoms with Gasteiger partial charge in [0.2, 0.25) is 0 Å². The predicted octanol–water partition coefficient (Wildman–Crippen LogP) is 2.85. The highest BCUT2D eigenvalue weighted by atomic mass is 79.9. The van der Waals surface area contributed by atoms with E-state index in [9.17, 15) is 12.8 Å². The fourth-order valence-corrected chi connectivity index (χ4v) is 3.24. The topological polar surface area (TPSA) is 72.2 Å². The lowest BCUT2D eigenvalue weighted by Gasteiger charge is -2.10. The van der Waals surface area contributed by atoms with Crippen molar-refractivity contribution in [3.8, 4) is 0 Å². The fraction of sp³-hybridized carbons (Fsp3) is 0.0769. The standard InChI is InChI=1S/C13H12BrFN2O2S/c14-12-5-4-10(15)7-13(12)17-20(18,19)11-3-1-2-9(6-11)8-16/h1-7,17H,8,16H2. The molecule has 0 amide bonds. The van der Waals surface area contributed by atoms with Crippen LogP contribution in [0.25, 0.3) is 0 Å². The van der Waals surface area contributed by atoms with Gasteiger partial charge in [0.25, 0.3) is 10.0 Å². The van der Waals surface area contributed by atoms with E-state index in [1.165, 1.54) is 24.3 Å². The molecule has 7 heteroatoms. The van der Waals surface area contributed by atoms with Gasteiger partial charge in [-0.05, 0) is 51.8 Å². The lowest BCUT2D eigenvalue weighted by Crippen LogP contribution is -2.14. The molecule has 0 aliphatic heterocycles. The summed E-state index contributed by atoms with van der Waals surface area (Å²) >= 11 is 3.17. The van der Waals surface area contributed by atoms with E-state index in [1.807, 2.05) is 0 Å². The van der Waals surface area contributed by atoms with Crippen LogP contribution in [0, 0.1) is 5.82 Å². The average Bonchev–Trinajstić information content (AvgIpc) is 2.43. The van der Waals surface area contributed by atoms with Crippen molar-refractivity contribution in [2.75, 3.05) is 4.72 Å². The summed E-state index contributed by atoms with van der Waals surface area (Å²) < 4.78 is 40.4. The van der Waals surface area contributed by atoms with Crippen molar-refractivity contribution in [3.05, 3.63) is 58.3 Å². The van der Waals surface area contributed by atoms with Crippen LogP contribution in [0.5, 0.6) is 0 Å². The number of rotatable bonds is 4. The summed E-state index contributed by atoms with van der Waals surface area (Å²) in [5.74, 6) is -0.526. The first-order chi connectivity index (χ1) is 9.42. The van der Waals surface area contributed by atoms with E-state index in [0.29, 0.717) is 10.0 Å². The molecule has 0 radical (unpaired) electrons. The van der Waals surface area contributed by atoms with Crippen LogP contribution in [0.4, 0.5) is 10.1 Å². The van der Waals surface area contributed by atoms with Gasteiger partial charge in [0, 0.05) is 11.0 Å². The molecule has 0 unspecified atom stereocenters. The Morgan fingerprint density at radius 1 is 1.20 bits per heavy atom. The minimum absolute atomic E-state index is 0.0802. The van der Waals surface area contributed by atoms with Gasteiger partial charge in [0.1, 0.15) is 5.82 Å². The van der Waals surface area contributed by atoms with E-state index in [4.69, 9.17) is 5.73 Å². The molecule has 0 aromatic heterocycles. The van der Waals surface area contributed by atoms with Crippen molar-refractivity contribution in [1.29, 1.82) is 0 Å². The van der Waals surface area contributed by atoms with Gasteiger partial charge in [0.05, 0.1) is 10.6 Å². The van der Waals surface area contributed by atoms with Gasteiger partial charge in [-0.15, -0.1) is 0 Å². The maximum Gasteiger partial charge on any atom is 0.261 e. The molecule has 20 heavy (non-hydrogen) atoms. The first-order valence-electron chi connectivity index (χ1n) is 5.69. The highest BCUT2D eigenvalue weighted by Crippen LogP contribution is 2.26. The van der Waals surface area contributed by atoms with Crippen LogP contribution in [-0.2, 0) is 16.6 Å². The van der Waals surface area contributed by atoms with Gasteiger partial charge in [-0.1, -0.05) is 12.1 Å². The number of hydrogen-bond acceptors (Lipinski definition) is 3. The predicted molar refractivity (Wildman–Crippen MR) is 79.2 cm³/mol. The van der Waals surface area contributed by atoms with Crippen LogP contribution >= 0.6 is 15.9 Å². The Bertz CT molecular complexity index is 735. The third-order valence-electron chi connectivity index (χ3n) is 2.62. The van der Waals surface area contributed by atoms with Gasteiger partial charge in [-0.3, -0.25) is 4.72 Å². The molecule has 106 valence electrons. The first kappa shape index (κ1) is 15.0. The highest BCUT2D eigenvalue weighted by molar-refractivity contribution is 9.10. The lowest BCUT2D eigenvalue weighted by atomic mass is 10.2. The molecule has 3 N–H and O–H groups in total. The summed E-state index contributed by atoms with van der Waals surface area (Å²) in [5.41, 5.74) is 6.33. The van der Waals surface area contributed by atoms with Gasteiger partial charge < -0.3 is 5.73 Å². The number of nitrogens with one attached hydrogen (secondary N) is 1. The second kappa shape index (κ2) is 5.90. The number of halogens is 2. The molecule has 4 nitrogen and oxygen atoms in total. The van der Waals surface area contributed by atoms with Crippen LogP contribution in [0.3, 0.4) is 0 Å². The molecule has 0 spiro atoms. The van der Waals surface area contributed by atoms with Crippen molar-refractivity contribution < 1.29 is 12.8 Å². The van der Waals surface area contributed by atoms with Crippen LogP contribution in [0.2, 0.25) is 0 Å². The highest BCUT2D eigenvalue weighted by Gasteiger charge is 2.16. The minimum Gasteiger partial charge on any atom is -0.326 e. The Morgan fingerprint density at radius 3 is 2.65 bits per heavy atom. The van der Waals surface area contributed by atoms with Crippen molar-refractivity contribution in [2.45, 2.75) is 11.4 Å². The number of nitrogens with two attached hydrogens (primary N) is 1. The lowest BCUT2D eigenvalue weighted by molar-refractivity contribution is 0.601. The minimum atomic E-state index is -3.79. The number of benzene rings is 2. The molecular formula is C13H12BrFN2O2S. The Kier molecular flexibility index (Phi) is 4.42. The Hall–Kier alpha value is -1.44. The van der Waals surface area contributed by atoms with E-state index in [0.717, 1.165) is 6.07 Å². The second-order valence-corrected chi connectivity index (χ2v) is 6.62. The van der Waals surface area contributed by atoms with E-state index in [2.05, 4.69) is 20.7 Å². The number of hydrogen-bond donors (Lipinski definition) is 2. The molecule has 2 rings (SSSR count). The summed E-state index contributed by atoms with van der Waals surface area (Å²) in [6, 6.07) is 10.0. The molecule has 0 heterocycles. The first-order valence-corrected chi connectivity index (χ1v) is 7.97. The molecular weight excluding hydrogens is 347 g/mol. The van der Waals surface area contributed by atoms with Gasteiger partial charge >= 0.3 is 0 Å². The normalized spacial score (nSPS) is 11.3. The summed E-state index contributed by atoms with van der Waals surface area (Å²) in [5, 5.41) is 0. The molecule has 0 saturated carbocycles. The molecule has 0 saturated heterocycles. The van der Waals surface area contributed by atoms with E-state index in [1.54, 1.807) is 12.1 Å². The Balaban J connectivity index is 2.38. The molecule has 0 atom stereocenters. The SMILES string of the molecule is NCc1cccc(S(=O)(=O)Nc2cc(F)ccc2Br)c1. The number of anilines is 1. The second-order valence-electron chi connectivity index (χ2n) is 4.08. The average molecular weight is 359 g/mol. The third kappa shape index (κ3) is 3.36. The zero-order valence-electron chi connectivity index (χ0n) is 10.3. The van der Waals surface area contributed by atoms with Crippen molar-refractivity contribution >= 4 is 31.6 Å². The molecule has 2 aromatic rings. The van der Waals surface area contributed by atoms with E-state index >= 15 is 0 Å². The van der Waals surface area contributed by atoms with Gasteiger partial charge in [-0.2, -0.15) is 0 Å². The van der Waals surface area contributed by atoms with Gasteiger partial charge in [-0.25, -0.2) is 12.8 Å². The summed E-state index contributed by atoms with van der Waals surface area (Å²) in [4.78, 5) is 0.0802. The summed E-state index contributed by atoms with van der Waals surface area (Å²) in [6.45, 7) is 0.243. The Labute approximate surface area is 125 Å². The molecule has 0 bridgehead atoms. The third-order valence-corrected chi connectivity index (χ3v) is 4.67. The maximum atomic E-state index is 13.2. The fourth-order valence-electron chi connectivity index (χ4n) is 1.62. The van der Waals surface area contributed by atoms with Crippen molar-refractivity contribution in [3.63, 3.8) is 0 Å². The zero-order valence-corrected chi connectivity index (χ0v) is 12.7. The molecule has 0 aliphatic carbocycles. The smallest absolute Gasteiger partial charge is 0.261 e. The summed E-state index contributed by atoms with van der Waals surface area (Å²) in [6.07, 6.45) is 0. The van der Waals surface area contributed by atoms with Crippen LogP contribution in [-0.4, -0.2) is 8.42 Å². The monoisotopic (exact) mass is 358 g/mol. The van der Waals surface area contributed by atoms with Crippen LogP contribution in [0.15, 0.2) is 51.8 Å². The van der Waals surface area contributed by atoms with E-state index < -0.39 is 15.8 Å². The molecule has 2 aromatic carbocycles. The van der Waals surface area contributed by atoms with Crippen LogP contribution < -0.4 is 10.5 Å². The van der Waals surface area contributed by atoms with Crippen molar-refractivity contribution in [2.24, 2.45) is 5.73 Å².